The van der Waals surface area contributed by atoms with Gasteiger partial charge in [0, 0.05) is 6.04 Å². The van der Waals surface area contributed by atoms with Gasteiger partial charge in [0.2, 0.25) is 0 Å². The van der Waals surface area contributed by atoms with E-state index in [-0.39, 0.29) is 11.1 Å². The second kappa shape index (κ2) is 6.04. The molecule has 1 aliphatic carbocycles. The number of benzene rings is 2. The van der Waals surface area contributed by atoms with Crippen molar-refractivity contribution in [1.82, 2.24) is 0 Å². The summed E-state index contributed by atoms with van der Waals surface area (Å²) in [7, 11) is 0. The highest BCUT2D eigenvalue weighted by Crippen LogP contribution is 2.31. The van der Waals surface area contributed by atoms with Crippen LogP contribution in [0.3, 0.4) is 0 Å². The molecular weight excluding hydrogens is 289 g/mol. The Morgan fingerprint density at radius 1 is 1.24 bits per heavy atom. The van der Waals surface area contributed by atoms with Crippen LogP contribution < -0.4 is 10.5 Å². The van der Waals surface area contributed by atoms with Crippen molar-refractivity contribution in [3.05, 3.63) is 63.9 Å². The van der Waals surface area contributed by atoms with E-state index in [1.807, 2.05) is 12.1 Å². The SMILES string of the molecule is NC1CCCc2ccc(OCc3ccc(F)c(Cl)c3)cc21. The normalized spacial score (nSPS) is 17.4. The molecule has 3 rings (SSSR count). The zero-order valence-electron chi connectivity index (χ0n) is 11.6. The molecule has 0 bridgehead atoms. The third kappa shape index (κ3) is 3.20. The van der Waals surface area contributed by atoms with E-state index in [0.29, 0.717) is 6.61 Å². The highest BCUT2D eigenvalue weighted by molar-refractivity contribution is 6.30. The van der Waals surface area contributed by atoms with Crippen LogP contribution >= 0.6 is 11.6 Å². The van der Waals surface area contributed by atoms with Gasteiger partial charge in [-0.05, 0) is 60.2 Å². The maximum Gasteiger partial charge on any atom is 0.141 e. The van der Waals surface area contributed by atoms with Crippen LogP contribution in [0.25, 0.3) is 0 Å². The lowest BCUT2D eigenvalue weighted by Gasteiger charge is -2.22. The van der Waals surface area contributed by atoms with E-state index in [1.54, 1.807) is 12.1 Å². The van der Waals surface area contributed by atoms with E-state index in [1.165, 1.54) is 17.2 Å². The molecule has 2 nitrogen and oxygen atoms in total. The third-order valence-corrected chi connectivity index (χ3v) is 4.16. The van der Waals surface area contributed by atoms with Crippen molar-refractivity contribution in [1.29, 1.82) is 0 Å². The van der Waals surface area contributed by atoms with Crippen LogP contribution in [0.4, 0.5) is 4.39 Å². The van der Waals surface area contributed by atoms with Gasteiger partial charge in [0.05, 0.1) is 5.02 Å². The summed E-state index contributed by atoms with van der Waals surface area (Å²) < 4.78 is 18.9. The van der Waals surface area contributed by atoms with Gasteiger partial charge in [-0.2, -0.15) is 0 Å². The van der Waals surface area contributed by atoms with Gasteiger partial charge in [-0.3, -0.25) is 0 Å². The molecule has 21 heavy (non-hydrogen) atoms. The molecule has 1 unspecified atom stereocenters. The minimum Gasteiger partial charge on any atom is -0.489 e. The first-order valence-electron chi connectivity index (χ1n) is 7.08. The molecule has 0 saturated carbocycles. The predicted molar refractivity (Wildman–Crippen MR) is 82.1 cm³/mol. The van der Waals surface area contributed by atoms with Gasteiger partial charge >= 0.3 is 0 Å². The van der Waals surface area contributed by atoms with Crippen molar-refractivity contribution in [2.75, 3.05) is 0 Å². The fraction of sp³-hybridized carbons (Fsp3) is 0.294. The lowest BCUT2D eigenvalue weighted by Crippen LogP contribution is -2.17. The Morgan fingerprint density at radius 3 is 2.90 bits per heavy atom. The number of rotatable bonds is 3. The number of ether oxygens (including phenoxy) is 1. The maximum absolute atomic E-state index is 13.1. The molecule has 0 aromatic heterocycles. The number of hydrogen-bond acceptors (Lipinski definition) is 2. The second-order valence-corrected chi connectivity index (χ2v) is 5.80. The fourth-order valence-corrected chi connectivity index (χ4v) is 2.90. The first kappa shape index (κ1) is 14.4. The molecule has 0 fully saturated rings. The lowest BCUT2D eigenvalue weighted by molar-refractivity contribution is 0.305. The number of hydrogen-bond donors (Lipinski definition) is 1. The molecule has 0 heterocycles. The summed E-state index contributed by atoms with van der Waals surface area (Å²) >= 11 is 5.76. The smallest absolute Gasteiger partial charge is 0.141 e. The summed E-state index contributed by atoms with van der Waals surface area (Å²) in [6, 6.07) is 10.8. The van der Waals surface area contributed by atoms with Crippen molar-refractivity contribution in [3.63, 3.8) is 0 Å². The Morgan fingerprint density at radius 2 is 2.10 bits per heavy atom. The van der Waals surface area contributed by atoms with Crippen molar-refractivity contribution in [2.45, 2.75) is 31.9 Å². The van der Waals surface area contributed by atoms with Crippen LogP contribution in [0.1, 0.15) is 35.6 Å². The van der Waals surface area contributed by atoms with Crippen LogP contribution in [0.2, 0.25) is 5.02 Å². The minimum absolute atomic E-state index is 0.0950. The highest BCUT2D eigenvalue weighted by Gasteiger charge is 2.17. The summed E-state index contributed by atoms with van der Waals surface area (Å²) in [5.74, 6) is 0.367. The molecule has 0 radical (unpaired) electrons. The molecule has 2 aromatic rings. The molecule has 1 aliphatic rings. The third-order valence-electron chi connectivity index (χ3n) is 3.87. The van der Waals surface area contributed by atoms with Crippen molar-refractivity contribution in [2.24, 2.45) is 5.73 Å². The van der Waals surface area contributed by atoms with Crippen LogP contribution in [0.15, 0.2) is 36.4 Å². The van der Waals surface area contributed by atoms with E-state index in [2.05, 4.69) is 6.07 Å². The lowest BCUT2D eigenvalue weighted by atomic mass is 9.88. The van der Waals surface area contributed by atoms with Gasteiger partial charge in [-0.15, -0.1) is 0 Å². The minimum atomic E-state index is -0.417. The Bertz CT molecular complexity index is 659. The Balaban J connectivity index is 1.73. The monoisotopic (exact) mass is 305 g/mol. The molecular formula is C17H17ClFNO. The zero-order chi connectivity index (χ0) is 14.8. The van der Waals surface area contributed by atoms with Gasteiger partial charge in [-0.1, -0.05) is 23.7 Å². The predicted octanol–water partition coefficient (Wildman–Crippen LogP) is 4.39. The molecule has 4 heteroatoms. The van der Waals surface area contributed by atoms with E-state index < -0.39 is 5.82 Å². The molecule has 2 aromatic carbocycles. The van der Waals surface area contributed by atoms with Gasteiger partial charge in [-0.25, -0.2) is 4.39 Å². The molecule has 2 N–H and O–H groups in total. The van der Waals surface area contributed by atoms with Crippen molar-refractivity contribution >= 4 is 11.6 Å². The summed E-state index contributed by atoms with van der Waals surface area (Å²) in [5.41, 5.74) is 9.47. The quantitative estimate of drug-likeness (QED) is 0.912. The summed E-state index contributed by atoms with van der Waals surface area (Å²) in [4.78, 5) is 0. The standard InChI is InChI=1S/C17H17ClFNO/c18-15-8-11(4-7-16(15)19)10-21-13-6-5-12-2-1-3-17(20)14(12)9-13/h4-9,17H,1-3,10,20H2. The highest BCUT2D eigenvalue weighted by atomic mass is 35.5. The number of fused-ring (bicyclic) bond motifs is 1. The van der Waals surface area contributed by atoms with Gasteiger partial charge in [0.1, 0.15) is 18.2 Å². The van der Waals surface area contributed by atoms with E-state index in [0.717, 1.165) is 30.6 Å². The molecule has 0 spiro atoms. The first-order valence-corrected chi connectivity index (χ1v) is 7.46. The van der Waals surface area contributed by atoms with Gasteiger partial charge < -0.3 is 10.5 Å². The fourth-order valence-electron chi connectivity index (χ4n) is 2.70. The number of nitrogens with two attached hydrogens (primary N) is 1. The summed E-state index contributed by atoms with van der Waals surface area (Å²) in [6.07, 6.45) is 3.24. The maximum atomic E-state index is 13.1. The van der Waals surface area contributed by atoms with Gasteiger partial charge in [0.25, 0.3) is 0 Å². The Hall–Kier alpha value is -1.58. The molecule has 1 atom stereocenters. The average Bonchev–Trinajstić information content (AvgIpc) is 2.49. The Kier molecular flexibility index (Phi) is 4.13. The second-order valence-electron chi connectivity index (χ2n) is 5.40. The summed E-state index contributed by atoms with van der Waals surface area (Å²) in [6.45, 7) is 0.355. The molecule has 0 aliphatic heterocycles. The number of halogens is 2. The molecule has 0 amide bonds. The number of aryl methyl sites for hydroxylation is 1. The zero-order valence-corrected chi connectivity index (χ0v) is 12.4. The van der Waals surface area contributed by atoms with Gasteiger partial charge in [0.15, 0.2) is 0 Å². The van der Waals surface area contributed by atoms with Crippen LogP contribution in [0.5, 0.6) is 5.75 Å². The van der Waals surface area contributed by atoms with Crippen molar-refractivity contribution in [3.8, 4) is 5.75 Å². The summed E-state index contributed by atoms with van der Waals surface area (Å²) in [5, 5.41) is 0.114. The largest absolute Gasteiger partial charge is 0.489 e. The van der Waals surface area contributed by atoms with E-state index in [4.69, 9.17) is 22.1 Å². The Labute approximate surface area is 128 Å². The van der Waals surface area contributed by atoms with Crippen LogP contribution in [0, 0.1) is 5.82 Å². The van der Waals surface area contributed by atoms with Crippen LogP contribution in [-0.2, 0) is 13.0 Å². The van der Waals surface area contributed by atoms with Crippen LogP contribution in [-0.4, -0.2) is 0 Å². The topological polar surface area (TPSA) is 35.2 Å². The molecule has 0 saturated heterocycles. The molecule has 110 valence electrons. The van der Waals surface area contributed by atoms with E-state index >= 15 is 0 Å². The average molecular weight is 306 g/mol. The van der Waals surface area contributed by atoms with Crippen molar-refractivity contribution < 1.29 is 9.13 Å². The first-order chi connectivity index (χ1) is 10.1. The van der Waals surface area contributed by atoms with E-state index in [9.17, 15) is 4.39 Å².